The molecule has 1 aromatic carbocycles. The Kier molecular flexibility index (Phi) is 6.68. The van der Waals surface area contributed by atoms with Gasteiger partial charge in [0.2, 0.25) is 0 Å². The Morgan fingerprint density at radius 3 is 2.44 bits per heavy atom. The molecular formula is C19H21FN2O4S. The summed E-state index contributed by atoms with van der Waals surface area (Å²) in [6.45, 7) is 7.03. The molecule has 0 aliphatic rings. The molecule has 0 spiro atoms. The molecule has 1 aromatic heterocycles. The summed E-state index contributed by atoms with van der Waals surface area (Å²) in [6.07, 6.45) is 0. The summed E-state index contributed by atoms with van der Waals surface area (Å²) in [4.78, 5) is 37.5. The van der Waals surface area contributed by atoms with Crippen molar-refractivity contribution in [2.45, 2.75) is 33.7 Å². The highest BCUT2D eigenvalue weighted by atomic mass is 32.1. The maximum Gasteiger partial charge on any atom is 0.341 e. The molecule has 2 rings (SSSR count). The van der Waals surface area contributed by atoms with Gasteiger partial charge in [-0.25, -0.2) is 9.18 Å². The topological polar surface area (TPSA) is 84.5 Å². The summed E-state index contributed by atoms with van der Waals surface area (Å²) in [7, 11) is 0. The molecule has 0 fully saturated rings. The van der Waals surface area contributed by atoms with Gasteiger partial charge in [0.15, 0.2) is 0 Å². The molecule has 6 nitrogen and oxygen atoms in total. The van der Waals surface area contributed by atoms with Gasteiger partial charge in [0.1, 0.15) is 10.8 Å². The molecule has 144 valence electrons. The van der Waals surface area contributed by atoms with Gasteiger partial charge in [-0.1, -0.05) is 12.1 Å². The molecule has 0 bridgehead atoms. The van der Waals surface area contributed by atoms with E-state index >= 15 is 0 Å². The second-order valence-electron chi connectivity index (χ2n) is 6.04. The summed E-state index contributed by atoms with van der Waals surface area (Å²) in [5.41, 5.74) is 0.340. The van der Waals surface area contributed by atoms with Crippen LogP contribution in [0.15, 0.2) is 24.3 Å². The zero-order valence-corrected chi connectivity index (χ0v) is 16.3. The molecule has 0 saturated heterocycles. The van der Waals surface area contributed by atoms with Gasteiger partial charge in [-0.2, -0.15) is 0 Å². The van der Waals surface area contributed by atoms with E-state index in [0.29, 0.717) is 5.56 Å². The number of anilines is 1. The molecule has 2 amide bonds. The van der Waals surface area contributed by atoms with Gasteiger partial charge < -0.3 is 15.4 Å². The van der Waals surface area contributed by atoms with Crippen LogP contribution in [0.1, 0.15) is 56.7 Å². The number of carbonyl (C=O) groups excluding carboxylic acids is 3. The first kappa shape index (κ1) is 20.6. The Morgan fingerprint density at radius 2 is 1.85 bits per heavy atom. The van der Waals surface area contributed by atoms with E-state index in [0.717, 1.165) is 11.3 Å². The van der Waals surface area contributed by atoms with Crippen LogP contribution in [0, 0.1) is 12.7 Å². The van der Waals surface area contributed by atoms with Crippen LogP contribution in [0.2, 0.25) is 0 Å². The van der Waals surface area contributed by atoms with Crippen molar-refractivity contribution in [2.24, 2.45) is 0 Å². The highest BCUT2D eigenvalue weighted by Crippen LogP contribution is 2.34. The summed E-state index contributed by atoms with van der Waals surface area (Å²) in [5, 5.41) is 5.43. The molecule has 0 unspecified atom stereocenters. The summed E-state index contributed by atoms with van der Waals surface area (Å²) in [6, 6.07) is 5.41. The predicted octanol–water partition coefficient (Wildman–Crippen LogP) is 3.76. The van der Waals surface area contributed by atoms with Crippen LogP contribution < -0.4 is 10.6 Å². The van der Waals surface area contributed by atoms with E-state index in [-0.39, 0.29) is 39.6 Å². The highest BCUT2D eigenvalue weighted by molar-refractivity contribution is 7.18. The number of amides is 2. The minimum absolute atomic E-state index is 0.0958. The van der Waals surface area contributed by atoms with Gasteiger partial charge in [-0.05, 0) is 45.4 Å². The second kappa shape index (κ2) is 8.77. The lowest BCUT2D eigenvalue weighted by Gasteiger charge is -2.08. The zero-order chi connectivity index (χ0) is 20.1. The molecule has 2 aromatic rings. The predicted molar refractivity (Wildman–Crippen MR) is 102 cm³/mol. The minimum atomic E-state index is -0.712. The van der Waals surface area contributed by atoms with E-state index in [1.807, 2.05) is 13.8 Å². The van der Waals surface area contributed by atoms with Gasteiger partial charge in [-0.15, -0.1) is 11.3 Å². The Balaban J connectivity index is 2.44. The van der Waals surface area contributed by atoms with Crippen molar-refractivity contribution in [2.75, 3.05) is 11.9 Å². The van der Waals surface area contributed by atoms with Crippen molar-refractivity contribution in [3.05, 3.63) is 51.7 Å². The van der Waals surface area contributed by atoms with Gasteiger partial charge in [-0.3, -0.25) is 9.59 Å². The Hall–Kier alpha value is -2.74. The number of hydrogen-bond donors (Lipinski definition) is 2. The second-order valence-corrected chi connectivity index (χ2v) is 7.06. The number of ether oxygens (including phenoxy) is 1. The average Bonchev–Trinajstić information content (AvgIpc) is 2.91. The Labute approximate surface area is 160 Å². The number of esters is 1. The Morgan fingerprint density at radius 1 is 1.19 bits per heavy atom. The fourth-order valence-electron chi connectivity index (χ4n) is 2.41. The third-order valence-electron chi connectivity index (χ3n) is 3.60. The van der Waals surface area contributed by atoms with E-state index in [1.165, 1.54) is 24.3 Å². The summed E-state index contributed by atoms with van der Waals surface area (Å²) >= 11 is 0.952. The van der Waals surface area contributed by atoms with E-state index < -0.39 is 17.7 Å². The summed E-state index contributed by atoms with van der Waals surface area (Å²) < 4.78 is 18.9. The van der Waals surface area contributed by atoms with Crippen LogP contribution in [-0.2, 0) is 4.74 Å². The number of nitrogens with one attached hydrogen (secondary N) is 2. The monoisotopic (exact) mass is 392 g/mol. The largest absolute Gasteiger partial charge is 0.462 e. The third kappa shape index (κ3) is 4.71. The Bertz CT molecular complexity index is 877. The lowest BCUT2D eigenvalue weighted by Crippen LogP contribution is -2.29. The van der Waals surface area contributed by atoms with Crippen LogP contribution in [0.4, 0.5) is 9.39 Å². The van der Waals surface area contributed by atoms with Crippen molar-refractivity contribution in [3.63, 3.8) is 0 Å². The quantitative estimate of drug-likeness (QED) is 0.733. The first-order valence-electron chi connectivity index (χ1n) is 8.43. The highest BCUT2D eigenvalue weighted by Gasteiger charge is 2.27. The smallest absolute Gasteiger partial charge is 0.341 e. The standard InChI is InChI=1S/C19H21FN2O4S/c1-5-26-19(25)14-11(4)15(17(24)21-10(2)3)27-18(14)22-16(23)12-8-6-7-9-13(12)20/h6-10H,5H2,1-4H3,(H,21,24)(H,22,23). The maximum atomic E-state index is 13.9. The van der Waals surface area contributed by atoms with E-state index in [4.69, 9.17) is 4.74 Å². The van der Waals surface area contributed by atoms with Crippen LogP contribution in [0.3, 0.4) is 0 Å². The van der Waals surface area contributed by atoms with Crippen molar-refractivity contribution in [1.29, 1.82) is 0 Å². The normalized spacial score (nSPS) is 10.6. The minimum Gasteiger partial charge on any atom is -0.462 e. The number of benzene rings is 1. The van der Waals surface area contributed by atoms with Gasteiger partial charge in [0.05, 0.1) is 22.6 Å². The van der Waals surface area contributed by atoms with Gasteiger partial charge in [0, 0.05) is 6.04 Å². The molecule has 0 aliphatic carbocycles. The van der Waals surface area contributed by atoms with Crippen LogP contribution in [0.25, 0.3) is 0 Å². The van der Waals surface area contributed by atoms with E-state index in [1.54, 1.807) is 13.8 Å². The number of thiophene rings is 1. The van der Waals surface area contributed by atoms with Crippen molar-refractivity contribution >= 4 is 34.1 Å². The lowest BCUT2D eigenvalue weighted by molar-refractivity contribution is 0.0527. The molecule has 0 aliphatic heterocycles. The van der Waals surface area contributed by atoms with Crippen LogP contribution >= 0.6 is 11.3 Å². The lowest BCUT2D eigenvalue weighted by atomic mass is 10.1. The van der Waals surface area contributed by atoms with Gasteiger partial charge >= 0.3 is 5.97 Å². The maximum absolute atomic E-state index is 13.9. The fourth-order valence-corrected chi connectivity index (χ4v) is 3.50. The first-order chi connectivity index (χ1) is 12.8. The molecule has 8 heteroatoms. The van der Waals surface area contributed by atoms with Crippen LogP contribution in [-0.4, -0.2) is 30.4 Å². The number of rotatable bonds is 6. The van der Waals surface area contributed by atoms with Gasteiger partial charge in [0.25, 0.3) is 11.8 Å². The number of hydrogen-bond acceptors (Lipinski definition) is 5. The molecule has 1 heterocycles. The first-order valence-corrected chi connectivity index (χ1v) is 9.25. The molecule has 0 saturated carbocycles. The molecule has 2 N–H and O–H groups in total. The van der Waals surface area contributed by atoms with Crippen molar-refractivity contribution in [1.82, 2.24) is 5.32 Å². The van der Waals surface area contributed by atoms with E-state index in [9.17, 15) is 18.8 Å². The third-order valence-corrected chi connectivity index (χ3v) is 4.80. The molecule has 0 radical (unpaired) electrons. The van der Waals surface area contributed by atoms with E-state index in [2.05, 4.69) is 10.6 Å². The molecule has 0 atom stereocenters. The molecule has 27 heavy (non-hydrogen) atoms. The number of halogens is 1. The van der Waals surface area contributed by atoms with Crippen molar-refractivity contribution in [3.8, 4) is 0 Å². The molecular weight excluding hydrogens is 371 g/mol. The fraction of sp³-hybridized carbons (Fsp3) is 0.316. The number of carbonyl (C=O) groups is 3. The zero-order valence-electron chi connectivity index (χ0n) is 15.5. The SMILES string of the molecule is CCOC(=O)c1c(NC(=O)c2ccccc2F)sc(C(=O)NC(C)C)c1C. The van der Waals surface area contributed by atoms with Crippen molar-refractivity contribution < 1.29 is 23.5 Å². The van der Waals surface area contributed by atoms with Crippen LogP contribution in [0.5, 0.6) is 0 Å². The average molecular weight is 392 g/mol. The summed E-state index contributed by atoms with van der Waals surface area (Å²) in [5.74, 6) is -2.41.